The van der Waals surface area contributed by atoms with E-state index in [9.17, 15) is 13.2 Å². The predicted octanol–water partition coefficient (Wildman–Crippen LogP) is 3.56. The number of thioether (sulfide) groups is 1. The van der Waals surface area contributed by atoms with Gasteiger partial charge < -0.3 is 0 Å². The molecule has 0 amide bonds. The lowest BCUT2D eigenvalue weighted by Crippen LogP contribution is -2.13. The van der Waals surface area contributed by atoms with Crippen molar-refractivity contribution in [3.8, 4) is 0 Å². The van der Waals surface area contributed by atoms with Crippen molar-refractivity contribution in [2.45, 2.75) is 19.0 Å². The van der Waals surface area contributed by atoms with Crippen molar-refractivity contribution in [1.29, 1.82) is 0 Å². The molecule has 0 radical (unpaired) electrons. The SMILES string of the molecule is CSCC1=CC=C(C(F)(F)F)CC1. The summed E-state index contributed by atoms with van der Waals surface area (Å²) in [5.41, 5.74) is 0.692. The van der Waals surface area contributed by atoms with Crippen molar-refractivity contribution in [2.75, 3.05) is 12.0 Å². The summed E-state index contributed by atoms with van der Waals surface area (Å²) < 4.78 is 36.5. The normalized spacial score (nSPS) is 18.2. The Morgan fingerprint density at radius 1 is 1.31 bits per heavy atom. The second-order valence-corrected chi connectivity index (χ2v) is 3.81. The molecule has 0 atom stereocenters. The molecule has 1 aliphatic rings. The fourth-order valence-corrected chi connectivity index (χ4v) is 1.83. The van der Waals surface area contributed by atoms with E-state index in [4.69, 9.17) is 0 Å². The van der Waals surface area contributed by atoms with Crippen LogP contribution in [0.3, 0.4) is 0 Å². The fraction of sp³-hybridized carbons (Fsp3) is 0.556. The highest BCUT2D eigenvalue weighted by molar-refractivity contribution is 7.98. The maximum absolute atomic E-state index is 12.2. The van der Waals surface area contributed by atoms with Gasteiger partial charge in [0, 0.05) is 11.3 Å². The van der Waals surface area contributed by atoms with Crippen LogP contribution in [0.5, 0.6) is 0 Å². The van der Waals surface area contributed by atoms with Gasteiger partial charge in [0.2, 0.25) is 0 Å². The predicted molar refractivity (Wildman–Crippen MR) is 49.8 cm³/mol. The minimum Gasteiger partial charge on any atom is -0.166 e. The van der Waals surface area contributed by atoms with Crippen LogP contribution in [0.4, 0.5) is 13.2 Å². The summed E-state index contributed by atoms with van der Waals surface area (Å²) >= 11 is 1.64. The third kappa shape index (κ3) is 3.10. The van der Waals surface area contributed by atoms with Crippen molar-refractivity contribution in [3.05, 3.63) is 23.3 Å². The number of alkyl halides is 3. The van der Waals surface area contributed by atoms with E-state index in [0.717, 1.165) is 11.3 Å². The molecule has 0 nitrogen and oxygen atoms in total. The zero-order valence-corrected chi connectivity index (χ0v) is 8.13. The molecule has 4 heteroatoms. The molecule has 0 spiro atoms. The Balaban J connectivity index is 2.65. The van der Waals surface area contributed by atoms with Crippen LogP contribution in [0.2, 0.25) is 0 Å². The first kappa shape index (κ1) is 10.7. The van der Waals surface area contributed by atoms with Crippen LogP contribution < -0.4 is 0 Å². The van der Waals surface area contributed by atoms with Crippen LogP contribution in [-0.2, 0) is 0 Å². The molecule has 13 heavy (non-hydrogen) atoms. The lowest BCUT2D eigenvalue weighted by molar-refractivity contribution is -0.0941. The molecule has 0 saturated heterocycles. The molecule has 1 aliphatic carbocycles. The smallest absolute Gasteiger partial charge is 0.166 e. The quantitative estimate of drug-likeness (QED) is 0.668. The molecule has 0 aromatic heterocycles. The van der Waals surface area contributed by atoms with E-state index in [1.807, 2.05) is 6.26 Å². The Morgan fingerprint density at radius 2 is 2.00 bits per heavy atom. The lowest BCUT2D eigenvalue weighted by atomic mass is 9.99. The Bertz CT molecular complexity index is 238. The van der Waals surface area contributed by atoms with E-state index in [2.05, 4.69) is 0 Å². The van der Waals surface area contributed by atoms with E-state index < -0.39 is 11.7 Å². The van der Waals surface area contributed by atoms with E-state index in [1.54, 1.807) is 17.8 Å². The topological polar surface area (TPSA) is 0 Å². The molecule has 74 valence electrons. The van der Waals surface area contributed by atoms with Crippen molar-refractivity contribution in [1.82, 2.24) is 0 Å². The number of allylic oxidation sites excluding steroid dienone is 3. The minimum absolute atomic E-state index is 0.135. The third-order valence-corrected chi connectivity index (χ3v) is 2.59. The van der Waals surface area contributed by atoms with Crippen molar-refractivity contribution in [3.63, 3.8) is 0 Å². The van der Waals surface area contributed by atoms with E-state index in [0.29, 0.717) is 6.42 Å². The summed E-state index contributed by atoms with van der Waals surface area (Å²) in [5.74, 6) is 0.835. The van der Waals surface area contributed by atoms with E-state index >= 15 is 0 Å². The van der Waals surface area contributed by atoms with Gasteiger partial charge in [-0.25, -0.2) is 0 Å². The van der Waals surface area contributed by atoms with Gasteiger partial charge in [-0.1, -0.05) is 17.7 Å². The van der Waals surface area contributed by atoms with Crippen LogP contribution in [0, 0.1) is 0 Å². The number of hydrogen-bond donors (Lipinski definition) is 0. The summed E-state index contributed by atoms with van der Waals surface area (Å²) in [4.78, 5) is 0. The highest BCUT2D eigenvalue weighted by Crippen LogP contribution is 2.33. The van der Waals surface area contributed by atoms with Crippen LogP contribution in [0.25, 0.3) is 0 Å². The zero-order valence-electron chi connectivity index (χ0n) is 7.32. The molecular formula is C9H11F3S. The second kappa shape index (κ2) is 4.22. The standard InChI is InChI=1S/C9H11F3S/c1-13-6-7-2-4-8(5-3-7)9(10,11)12/h2,4H,3,5-6H2,1H3. The molecule has 0 bridgehead atoms. The summed E-state index contributed by atoms with van der Waals surface area (Å²) in [7, 11) is 0. The van der Waals surface area contributed by atoms with Gasteiger partial charge in [0.25, 0.3) is 0 Å². The van der Waals surface area contributed by atoms with Crippen molar-refractivity contribution < 1.29 is 13.2 Å². The molecule has 0 heterocycles. The first-order valence-corrected chi connectivity index (χ1v) is 5.38. The van der Waals surface area contributed by atoms with Gasteiger partial charge in [-0.2, -0.15) is 24.9 Å². The van der Waals surface area contributed by atoms with Gasteiger partial charge in [-0.15, -0.1) is 0 Å². The maximum Gasteiger partial charge on any atom is 0.412 e. The van der Waals surface area contributed by atoms with E-state index in [1.165, 1.54) is 6.08 Å². The van der Waals surface area contributed by atoms with Gasteiger partial charge in [0.1, 0.15) is 0 Å². The van der Waals surface area contributed by atoms with E-state index in [-0.39, 0.29) is 6.42 Å². The number of hydrogen-bond acceptors (Lipinski definition) is 1. The highest BCUT2D eigenvalue weighted by Gasteiger charge is 2.33. The Kier molecular flexibility index (Phi) is 3.47. The van der Waals surface area contributed by atoms with Gasteiger partial charge >= 0.3 is 6.18 Å². The average Bonchev–Trinajstić information content (AvgIpc) is 2.04. The fourth-order valence-electron chi connectivity index (χ4n) is 1.22. The van der Waals surface area contributed by atoms with Gasteiger partial charge in [0.05, 0.1) is 0 Å². The Hall–Kier alpha value is -0.380. The van der Waals surface area contributed by atoms with Gasteiger partial charge in [-0.3, -0.25) is 0 Å². The van der Waals surface area contributed by atoms with Gasteiger partial charge in [-0.05, 0) is 19.1 Å². The first-order valence-electron chi connectivity index (χ1n) is 3.99. The molecule has 0 N–H and O–H groups in total. The molecule has 0 aromatic rings. The number of halogens is 3. The van der Waals surface area contributed by atoms with Crippen LogP contribution in [-0.4, -0.2) is 18.2 Å². The first-order chi connectivity index (χ1) is 6.04. The maximum atomic E-state index is 12.2. The molecule has 0 saturated carbocycles. The molecule has 0 aliphatic heterocycles. The largest absolute Gasteiger partial charge is 0.412 e. The zero-order chi connectivity index (χ0) is 9.90. The van der Waals surface area contributed by atoms with Crippen molar-refractivity contribution in [2.24, 2.45) is 0 Å². The molecule has 0 fully saturated rings. The minimum atomic E-state index is -4.14. The molecular weight excluding hydrogens is 197 g/mol. The summed E-state index contributed by atoms with van der Waals surface area (Å²) in [5, 5.41) is 0. The number of rotatable bonds is 2. The molecule has 1 rings (SSSR count). The van der Waals surface area contributed by atoms with Crippen LogP contribution >= 0.6 is 11.8 Å². The summed E-state index contributed by atoms with van der Waals surface area (Å²) in [6, 6.07) is 0. The van der Waals surface area contributed by atoms with Crippen LogP contribution in [0.15, 0.2) is 23.3 Å². The van der Waals surface area contributed by atoms with Gasteiger partial charge in [0.15, 0.2) is 0 Å². The third-order valence-electron chi connectivity index (χ3n) is 1.93. The Morgan fingerprint density at radius 3 is 2.38 bits per heavy atom. The average molecular weight is 208 g/mol. The molecule has 0 aromatic carbocycles. The monoisotopic (exact) mass is 208 g/mol. The second-order valence-electron chi connectivity index (χ2n) is 2.95. The highest BCUT2D eigenvalue weighted by atomic mass is 32.2. The van der Waals surface area contributed by atoms with Crippen molar-refractivity contribution >= 4 is 11.8 Å². The lowest BCUT2D eigenvalue weighted by Gasteiger charge is -2.16. The van der Waals surface area contributed by atoms with Crippen LogP contribution in [0.1, 0.15) is 12.8 Å². The summed E-state index contributed by atoms with van der Waals surface area (Å²) in [6.45, 7) is 0. The summed E-state index contributed by atoms with van der Waals surface area (Å²) in [6.07, 6.45) is 1.30. The molecule has 0 unspecified atom stereocenters. The Labute approximate surface area is 79.9 Å².